The van der Waals surface area contributed by atoms with Crippen molar-refractivity contribution in [1.29, 1.82) is 0 Å². The summed E-state index contributed by atoms with van der Waals surface area (Å²) in [5.41, 5.74) is 5.04. The van der Waals surface area contributed by atoms with Crippen molar-refractivity contribution in [3.8, 4) is 23.0 Å². The number of ether oxygens (including phenoxy) is 4. The van der Waals surface area contributed by atoms with Crippen molar-refractivity contribution in [3.05, 3.63) is 47.0 Å². The molecule has 0 aliphatic heterocycles. The van der Waals surface area contributed by atoms with E-state index in [1.807, 2.05) is 32.0 Å². The maximum absolute atomic E-state index is 12.0. The van der Waals surface area contributed by atoms with Gasteiger partial charge in [-0.2, -0.15) is 5.10 Å². The van der Waals surface area contributed by atoms with Crippen molar-refractivity contribution in [2.45, 2.75) is 13.8 Å². The van der Waals surface area contributed by atoms with Crippen molar-refractivity contribution >= 4 is 12.1 Å². The molecule has 0 aliphatic carbocycles. The number of amides is 1. The lowest BCUT2D eigenvalue weighted by molar-refractivity contribution is -0.123. The Kier molecular flexibility index (Phi) is 7.05. The fourth-order valence-electron chi connectivity index (χ4n) is 2.37. The van der Waals surface area contributed by atoms with Gasteiger partial charge in [0.25, 0.3) is 5.91 Å². The van der Waals surface area contributed by atoms with Crippen LogP contribution in [0.25, 0.3) is 0 Å². The molecule has 0 aromatic heterocycles. The van der Waals surface area contributed by atoms with Crippen LogP contribution in [0.2, 0.25) is 0 Å². The predicted octanol–water partition coefficient (Wildman–Crippen LogP) is 2.86. The highest BCUT2D eigenvalue weighted by Crippen LogP contribution is 2.32. The lowest BCUT2D eigenvalue weighted by Gasteiger charge is -2.12. The van der Waals surface area contributed by atoms with Crippen LogP contribution in [0.5, 0.6) is 23.0 Å². The van der Waals surface area contributed by atoms with E-state index in [2.05, 4.69) is 10.5 Å². The summed E-state index contributed by atoms with van der Waals surface area (Å²) in [4.78, 5) is 12.0. The molecule has 1 N–H and O–H groups in total. The topological polar surface area (TPSA) is 78.4 Å². The summed E-state index contributed by atoms with van der Waals surface area (Å²) in [5.74, 6) is 1.91. The molecule has 0 spiro atoms. The number of rotatable bonds is 8. The first-order valence-corrected chi connectivity index (χ1v) is 8.30. The summed E-state index contributed by atoms with van der Waals surface area (Å²) < 4.78 is 21.4. The quantitative estimate of drug-likeness (QED) is 0.569. The van der Waals surface area contributed by atoms with Crippen LogP contribution in [0.3, 0.4) is 0 Å². The monoisotopic (exact) mass is 372 g/mol. The second-order valence-electron chi connectivity index (χ2n) is 5.80. The number of carbonyl (C=O) groups excluding carboxylic acids is 1. The number of nitrogens with zero attached hydrogens (tertiary/aromatic N) is 1. The highest BCUT2D eigenvalue weighted by molar-refractivity contribution is 5.89. The zero-order chi connectivity index (χ0) is 19.8. The van der Waals surface area contributed by atoms with Gasteiger partial charge in [-0.3, -0.25) is 4.79 Å². The molecule has 0 saturated carbocycles. The van der Waals surface area contributed by atoms with Gasteiger partial charge in [-0.25, -0.2) is 5.43 Å². The first kappa shape index (κ1) is 20.1. The van der Waals surface area contributed by atoms with E-state index in [4.69, 9.17) is 18.9 Å². The molecule has 7 heteroatoms. The summed E-state index contributed by atoms with van der Waals surface area (Å²) in [6.07, 6.45) is 1.45. The molecule has 27 heavy (non-hydrogen) atoms. The van der Waals surface area contributed by atoms with Gasteiger partial charge in [0.2, 0.25) is 0 Å². The molecule has 2 aromatic carbocycles. The number of hydrazone groups is 1. The normalized spacial score (nSPS) is 10.6. The predicted molar refractivity (Wildman–Crippen MR) is 103 cm³/mol. The fraction of sp³-hybridized carbons (Fsp3) is 0.300. The molecular weight excluding hydrogens is 348 g/mol. The smallest absolute Gasteiger partial charge is 0.277 e. The molecule has 1 amide bonds. The Balaban J connectivity index is 2.02. The first-order valence-electron chi connectivity index (χ1n) is 8.30. The van der Waals surface area contributed by atoms with Gasteiger partial charge >= 0.3 is 0 Å². The SMILES string of the molecule is COc1cc(OC)c(/C=N\NC(=O)COc2cc(C)ccc2C)c(OC)c1. The van der Waals surface area contributed by atoms with Crippen molar-refractivity contribution in [1.82, 2.24) is 5.43 Å². The number of benzene rings is 2. The average molecular weight is 372 g/mol. The second-order valence-corrected chi connectivity index (χ2v) is 5.80. The largest absolute Gasteiger partial charge is 0.496 e. The number of carbonyl (C=O) groups is 1. The molecule has 144 valence electrons. The number of methoxy groups -OCH3 is 3. The Hall–Kier alpha value is -3.22. The van der Waals surface area contributed by atoms with Gasteiger partial charge < -0.3 is 18.9 Å². The molecule has 0 unspecified atom stereocenters. The summed E-state index contributed by atoms with van der Waals surface area (Å²) >= 11 is 0. The number of hydrogen-bond donors (Lipinski definition) is 1. The zero-order valence-electron chi connectivity index (χ0n) is 16.2. The van der Waals surface area contributed by atoms with Gasteiger partial charge in [-0.05, 0) is 31.0 Å². The Morgan fingerprint density at radius 3 is 2.26 bits per heavy atom. The third-order valence-electron chi connectivity index (χ3n) is 3.84. The molecular formula is C20H24N2O5. The second kappa shape index (κ2) is 9.47. The fourth-order valence-corrected chi connectivity index (χ4v) is 2.37. The van der Waals surface area contributed by atoms with E-state index in [1.54, 1.807) is 19.2 Å². The van der Waals surface area contributed by atoms with Gasteiger partial charge in [-0.15, -0.1) is 0 Å². The molecule has 0 fully saturated rings. The minimum Gasteiger partial charge on any atom is -0.496 e. The molecule has 0 bridgehead atoms. The number of hydrogen-bond acceptors (Lipinski definition) is 6. The third-order valence-corrected chi connectivity index (χ3v) is 3.84. The van der Waals surface area contributed by atoms with Crippen molar-refractivity contribution in [2.75, 3.05) is 27.9 Å². The van der Waals surface area contributed by atoms with E-state index < -0.39 is 0 Å². The van der Waals surface area contributed by atoms with Gasteiger partial charge in [0.15, 0.2) is 6.61 Å². The standard InChI is InChI=1S/C20H24N2O5/c1-13-6-7-14(2)17(8-13)27-12-20(23)22-21-11-16-18(25-4)9-15(24-3)10-19(16)26-5/h6-11H,12H2,1-5H3,(H,22,23)/b21-11-. The Morgan fingerprint density at radius 2 is 1.67 bits per heavy atom. The van der Waals surface area contributed by atoms with Crippen LogP contribution in [0.15, 0.2) is 35.4 Å². The minimum atomic E-state index is -0.376. The Labute approximate surface area is 158 Å². The van der Waals surface area contributed by atoms with Crippen LogP contribution >= 0.6 is 0 Å². The molecule has 2 rings (SSSR count). The van der Waals surface area contributed by atoms with E-state index in [-0.39, 0.29) is 12.5 Å². The van der Waals surface area contributed by atoms with Crippen molar-refractivity contribution < 1.29 is 23.7 Å². The molecule has 0 atom stereocenters. The molecule has 2 aromatic rings. The van der Waals surface area contributed by atoms with E-state index >= 15 is 0 Å². The molecule has 0 saturated heterocycles. The van der Waals surface area contributed by atoms with Crippen LogP contribution in [0.1, 0.15) is 16.7 Å². The van der Waals surface area contributed by atoms with Gasteiger partial charge in [-0.1, -0.05) is 12.1 Å². The van der Waals surface area contributed by atoms with E-state index in [0.717, 1.165) is 11.1 Å². The van der Waals surface area contributed by atoms with Crippen LogP contribution in [-0.4, -0.2) is 40.1 Å². The lowest BCUT2D eigenvalue weighted by atomic mass is 10.1. The third kappa shape index (κ3) is 5.37. The Bertz CT molecular complexity index is 808. The summed E-state index contributed by atoms with van der Waals surface area (Å²) in [6.45, 7) is 3.75. The van der Waals surface area contributed by atoms with Gasteiger partial charge in [0, 0.05) is 12.1 Å². The maximum Gasteiger partial charge on any atom is 0.277 e. The number of aryl methyl sites for hydroxylation is 2. The Morgan fingerprint density at radius 1 is 1.00 bits per heavy atom. The van der Waals surface area contributed by atoms with E-state index in [0.29, 0.717) is 28.6 Å². The number of nitrogens with one attached hydrogen (secondary N) is 1. The average Bonchev–Trinajstić information content (AvgIpc) is 2.68. The van der Waals surface area contributed by atoms with E-state index in [1.165, 1.54) is 20.4 Å². The molecule has 0 aliphatic rings. The van der Waals surface area contributed by atoms with Crippen LogP contribution in [0, 0.1) is 13.8 Å². The molecule has 0 heterocycles. The zero-order valence-corrected chi connectivity index (χ0v) is 16.2. The van der Waals surface area contributed by atoms with Crippen LogP contribution in [0.4, 0.5) is 0 Å². The summed E-state index contributed by atoms with van der Waals surface area (Å²) in [5, 5.41) is 3.96. The van der Waals surface area contributed by atoms with E-state index in [9.17, 15) is 4.79 Å². The summed E-state index contributed by atoms with van der Waals surface area (Å²) in [7, 11) is 4.61. The highest BCUT2D eigenvalue weighted by atomic mass is 16.5. The first-order chi connectivity index (χ1) is 13.0. The maximum atomic E-state index is 12.0. The van der Waals surface area contributed by atoms with Gasteiger partial charge in [0.1, 0.15) is 23.0 Å². The van der Waals surface area contributed by atoms with Gasteiger partial charge in [0.05, 0.1) is 33.1 Å². The van der Waals surface area contributed by atoms with Crippen LogP contribution < -0.4 is 24.4 Å². The summed E-state index contributed by atoms with van der Waals surface area (Å²) in [6, 6.07) is 9.23. The molecule has 7 nitrogen and oxygen atoms in total. The van der Waals surface area contributed by atoms with Crippen LogP contribution in [-0.2, 0) is 4.79 Å². The minimum absolute atomic E-state index is 0.140. The van der Waals surface area contributed by atoms with Crippen molar-refractivity contribution in [3.63, 3.8) is 0 Å². The molecule has 0 radical (unpaired) electrons. The highest BCUT2D eigenvalue weighted by Gasteiger charge is 2.12. The van der Waals surface area contributed by atoms with Crippen molar-refractivity contribution in [2.24, 2.45) is 5.10 Å². The lowest BCUT2D eigenvalue weighted by Crippen LogP contribution is -2.24.